The summed E-state index contributed by atoms with van der Waals surface area (Å²) in [7, 11) is 0. The van der Waals surface area contributed by atoms with E-state index in [1.54, 1.807) is 6.92 Å². The van der Waals surface area contributed by atoms with Gasteiger partial charge in [0.1, 0.15) is 24.9 Å². The molecule has 3 aliphatic rings. The van der Waals surface area contributed by atoms with Crippen molar-refractivity contribution >= 4 is 23.9 Å². The first-order valence-corrected chi connectivity index (χ1v) is 12.2. The van der Waals surface area contributed by atoms with Gasteiger partial charge in [0.05, 0.1) is 30.3 Å². The Morgan fingerprint density at radius 2 is 1.81 bits per heavy atom. The number of carbonyl (C=O) groups excluding carboxylic acids is 4. The Morgan fingerprint density at radius 1 is 1.11 bits per heavy atom. The van der Waals surface area contributed by atoms with Crippen molar-refractivity contribution in [1.82, 2.24) is 0 Å². The number of allylic oxidation sites excluding steroid dienone is 1. The fourth-order valence-electron chi connectivity index (χ4n) is 5.62. The molecule has 2 saturated carbocycles. The van der Waals surface area contributed by atoms with Gasteiger partial charge in [0.2, 0.25) is 0 Å². The molecule has 202 valence electrons. The van der Waals surface area contributed by atoms with E-state index in [1.165, 1.54) is 19.1 Å². The van der Waals surface area contributed by atoms with Crippen molar-refractivity contribution in [3.05, 3.63) is 47.6 Å². The summed E-state index contributed by atoms with van der Waals surface area (Å²) in [5, 5.41) is 18.6. The summed E-state index contributed by atoms with van der Waals surface area (Å²) in [4.78, 5) is 49.4. The fraction of sp³-hybridized carbons (Fsp3) is 0.556. The maximum absolute atomic E-state index is 13.1. The number of esters is 4. The molecular formula is C27H34O10. The zero-order valence-corrected chi connectivity index (χ0v) is 21.3. The molecule has 0 radical (unpaired) electrons. The molecule has 0 spiro atoms. The van der Waals surface area contributed by atoms with E-state index in [9.17, 15) is 29.4 Å². The third-order valence-electron chi connectivity index (χ3n) is 7.49. The zero-order valence-electron chi connectivity index (χ0n) is 21.3. The lowest BCUT2D eigenvalue weighted by atomic mass is 9.79. The lowest BCUT2D eigenvalue weighted by Gasteiger charge is -2.30. The van der Waals surface area contributed by atoms with Crippen molar-refractivity contribution in [3.63, 3.8) is 0 Å². The monoisotopic (exact) mass is 518 g/mol. The third-order valence-corrected chi connectivity index (χ3v) is 7.49. The topological polar surface area (TPSA) is 146 Å². The van der Waals surface area contributed by atoms with Gasteiger partial charge in [0, 0.05) is 30.8 Å². The number of hydrogen-bond acceptors (Lipinski definition) is 10. The van der Waals surface area contributed by atoms with Gasteiger partial charge in [-0.15, -0.1) is 0 Å². The van der Waals surface area contributed by atoms with Crippen molar-refractivity contribution < 1.29 is 48.3 Å². The second-order valence-electron chi connectivity index (χ2n) is 9.61. The molecule has 1 saturated heterocycles. The standard InChI is InChI=1S/C27H34O10/c1-6-17(11-29)26(32)34-12-18(7-8-28)27(33)36-21-9-13(2)19-10-20(35-16(5)30)14(3)22(19)24-23(21)15(4)25(31)37-24/h6-7,14,19-24,28-29H,2,4,8-12H2,1,3,5H3. The minimum atomic E-state index is -0.838. The second-order valence-corrected chi connectivity index (χ2v) is 9.61. The SMILES string of the molecule is C=C1CC(OC(=O)C(=CCO)COC(=O)C(=CC)CO)C2C(=C)C(=O)OC2C2C1CC(OC(C)=O)C2C. The smallest absolute Gasteiger partial charge is 0.337 e. The summed E-state index contributed by atoms with van der Waals surface area (Å²) in [6, 6.07) is 0. The van der Waals surface area contributed by atoms with Crippen LogP contribution in [0.2, 0.25) is 0 Å². The first kappa shape index (κ1) is 28.3. The summed E-state index contributed by atoms with van der Waals surface area (Å²) >= 11 is 0. The van der Waals surface area contributed by atoms with Crippen LogP contribution in [-0.4, -0.2) is 72.2 Å². The summed E-state index contributed by atoms with van der Waals surface area (Å²) in [6.07, 6.45) is 1.45. The van der Waals surface area contributed by atoms with Crippen molar-refractivity contribution in [2.45, 2.75) is 51.9 Å². The van der Waals surface area contributed by atoms with Crippen LogP contribution in [0.5, 0.6) is 0 Å². The van der Waals surface area contributed by atoms with E-state index in [0.29, 0.717) is 6.42 Å². The van der Waals surface area contributed by atoms with Crippen LogP contribution in [0.15, 0.2) is 47.6 Å². The van der Waals surface area contributed by atoms with E-state index in [0.717, 1.165) is 5.57 Å². The molecule has 7 atom stereocenters. The minimum absolute atomic E-state index is 0.0188. The van der Waals surface area contributed by atoms with Crippen LogP contribution in [-0.2, 0) is 38.1 Å². The zero-order chi connectivity index (χ0) is 27.4. The molecule has 10 nitrogen and oxygen atoms in total. The van der Waals surface area contributed by atoms with Crippen molar-refractivity contribution in [2.24, 2.45) is 23.7 Å². The van der Waals surface area contributed by atoms with Crippen LogP contribution in [0.4, 0.5) is 0 Å². The van der Waals surface area contributed by atoms with Gasteiger partial charge in [-0.2, -0.15) is 0 Å². The normalized spacial score (nSPS) is 31.7. The molecule has 0 aromatic carbocycles. The predicted molar refractivity (Wildman–Crippen MR) is 129 cm³/mol. The van der Waals surface area contributed by atoms with Crippen LogP contribution in [0.1, 0.15) is 33.6 Å². The minimum Gasteiger partial charge on any atom is -0.462 e. The molecule has 2 N–H and O–H groups in total. The molecule has 3 rings (SSSR count). The lowest BCUT2D eigenvalue weighted by molar-refractivity contribution is -0.153. The number of carbonyl (C=O) groups is 4. The van der Waals surface area contributed by atoms with Gasteiger partial charge in [-0.05, 0) is 25.3 Å². The summed E-state index contributed by atoms with van der Waals surface area (Å²) in [5.41, 5.74) is 0.877. The van der Waals surface area contributed by atoms with Gasteiger partial charge in [-0.3, -0.25) is 4.79 Å². The number of hydrogen-bond donors (Lipinski definition) is 2. The largest absolute Gasteiger partial charge is 0.462 e. The number of fused-ring (bicyclic) bond motifs is 3. The molecule has 0 bridgehead atoms. The molecule has 0 aromatic rings. The lowest BCUT2D eigenvalue weighted by Crippen LogP contribution is -2.38. The fourth-order valence-corrected chi connectivity index (χ4v) is 5.62. The molecule has 37 heavy (non-hydrogen) atoms. The Hall–Kier alpha value is -3.24. The third kappa shape index (κ3) is 5.86. The maximum Gasteiger partial charge on any atom is 0.337 e. The summed E-state index contributed by atoms with van der Waals surface area (Å²) in [5.74, 6) is -3.73. The molecule has 0 aromatic heterocycles. The van der Waals surface area contributed by atoms with E-state index in [2.05, 4.69) is 13.2 Å². The number of rotatable bonds is 8. The molecule has 1 aliphatic heterocycles. The van der Waals surface area contributed by atoms with Gasteiger partial charge in [0.15, 0.2) is 0 Å². The Kier molecular flexibility index (Phi) is 9.09. The maximum atomic E-state index is 13.1. The molecular weight excluding hydrogens is 484 g/mol. The van der Waals surface area contributed by atoms with Gasteiger partial charge < -0.3 is 29.2 Å². The van der Waals surface area contributed by atoms with Gasteiger partial charge in [-0.25, -0.2) is 14.4 Å². The van der Waals surface area contributed by atoms with Gasteiger partial charge in [0.25, 0.3) is 0 Å². The molecule has 0 amide bonds. The van der Waals surface area contributed by atoms with E-state index in [1.807, 2.05) is 6.92 Å². The highest BCUT2D eigenvalue weighted by atomic mass is 16.6. The number of aliphatic hydroxyl groups excluding tert-OH is 2. The van der Waals surface area contributed by atoms with E-state index >= 15 is 0 Å². The quantitative estimate of drug-likeness (QED) is 0.210. The van der Waals surface area contributed by atoms with Crippen molar-refractivity contribution in [2.75, 3.05) is 19.8 Å². The van der Waals surface area contributed by atoms with Crippen molar-refractivity contribution in [3.8, 4) is 0 Å². The average molecular weight is 519 g/mol. The number of ether oxygens (including phenoxy) is 4. The highest BCUT2D eigenvalue weighted by Gasteiger charge is 2.58. The number of aliphatic hydroxyl groups is 2. The van der Waals surface area contributed by atoms with E-state index in [4.69, 9.17) is 18.9 Å². The highest BCUT2D eigenvalue weighted by molar-refractivity contribution is 5.93. The Labute approximate surface area is 215 Å². The molecule has 10 heteroatoms. The molecule has 1 heterocycles. The summed E-state index contributed by atoms with van der Waals surface area (Å²) < 4.78 is 22.2. The van der Waals surface area contributed by atoms with Crippen LogP contribution in [0.25, 0.3) is 0 Å². The van der Waals surface area contributed by atoms with Crippen LogP contribution in [0, 0.1) is 23.7 Å². The molecule has 3 fully saturated rings. The van der Waals surface area contributed by atoms with Crippen LogP contribution in [0.3, 0.4) is 0 Å². The van der Waals surface area contributed by atoms with Crippen molar-refractivity contribution in [1.29, 1.82) is 0 Å². The van der Waals surface area contributed by atoms with E-state index < -0.39 is 55.9 Å². The Bertz CT molecular complexity index is 1040. The highest BCUT2D eigenvalue weighted by Crippen LogP contribution is 2.53. The van der Waals surface area contributed by atoms with Gasteiger partial charge >= 0.3 is 23.9 Å². The molecule has 7 unspecified atom stereocenters. The predicted octanol–water partition coefficient (Wildman–Crippen LogP) is 1.56. The first-order valence-electron chi connectivity index (χ1n) is 12.2. The van der Waals surface area contributed by atoms with E-state index in [-0.39, 0.29) is 53.0 Å². The second kappa shape index (κ2) is 11.9. The Balaban J connectivity index is 1.82. The van der Waals surface area contributed by atoms with Crippen LogP contribution >= 0.6 is 0 Å². The van der Waals surface area contributed by atoms with Crippen LogP contribution < -0.4 is 0 Å². The van der Waals surface area contributed by atoms with Gasteiger partial charge in [-0.1, -0.05) is 31.7 Å². The first-order chi connectivity index (χ1) is 17.5. The molecule has 2 aliphatic carbocycles. The average Bonchev–Trinajstić information content (AvgIpc) is 3.27. The Morgan fingerprint density at radius 3 is 2.41 bits per heavy atom. The summed E-state index contributed by atoms with van der Waals surface area (Å²) in [6.45, 7) is 11.4.